The second kappa shape index (κ2) is 3.42. The highest BCUT2D eigenvalue weighted by Crippen LogP contribution is 2.21. The summed E-state index contributed by atoms with van der Waals surface area (Å²) in [4.78, 5) is 18.1. The quantitative estimate of drug-likeness (QED) is 0.848. The second-order valence-corrected chi connectivity index (χ2v) is 3.60. The van der Waals surface area contributed by atoms with Crippen molar-refractivity contribution in [3.63, 3.8) is 0 Å². The van der Waals surface area contributed by atoms with Gasteiger partial charge in [-0.25, -0.2) is 4.98 Å². The van der Waals surface area contributed by atoms with Gasteiger partial charge < -0.3 is 9.40 Å². The Kier molecular flexibility index (Phi) is 2.25. The van der Waals surface area contributed by atoms with Gasteiger partial charge in [0.2, 0.25) is 0 Å². The molecular weight excluding hydrogens is 248 g/mol. The third kappa shape index (κ3) is 1.63. The van der Waals surface area contributed by atoms with Crippen molar-refractivity contribution in [2.24, 2.45) is 0 Å². The van der Waals surface area contributed by atoms with Gasteiger partial charge in [0, 0.05) is 6.20 Å². The van der Waals surface area contributed by atoms with E-state index in [-0.39, 0.29) is 5.56 Å². The van der Waals surface area contributed by atoms with E-state index in [1.807, 2.05) is 0 Å². The van der Waals surface area contributed by atoms with Gasteiger partial charge in [-0.3, -0.25) is 4.79 Å². The molecule has 0 amide bonds. The highest BCUT2D eigenvalue weighted by molar-refractivity contribution is 9.10. The minimum atomic E-state index is -0.195. The first-order valence-corrected chi connectivity index (χ1v) is 4.78. The highest BCUT2D eigenvalue weighted by atomic mass is 79.9. The molecule has 0 spiro atoms. The number of nitrogens with zero attached hydrogens (tertiary/aromatic N) is 1. The van der Waals surface area contributed by atoms with E-state index in [1.165, 1.54) is 6.20 Å². The number of hydrogen-bond donors (Lipinski definition) is 1. The average molecular weight is 255 g/mol. The lowest BCUT2D eigenvalue weighted by Crippen LogP contribution is -2.10. The molecule has 0 unspecified atom stereocenters. The van der Waals surface area contributed by atoms with Crippen LogP contribution >= 0.6 is 15.9 Å². The molecule has 0 fully saturated rings. The van der Waals surface area contributed by atoms with E-state index in [1.54, 1.807) is 19.1 Å². The first-order chi connectivity index (χ1) is 6.66. The Bertz CT molecular complexity index is 516. The molecule has 0 saturated carbocycles. The monoisotopic (exact) mass is 254 g/mol. The van der Waals surface area contributed by atoms with Crippen LogP contribution in [-0.2, 0) is 0 Å². The van der Waals surface area contributed by atoms with Crippen LogP contribution < -0.4 is 5.56 Å². The normalized spacial score (nSPS) is 10.4. The molecule has 0 aliphatic rings. The largest absolute Gasteiger partial charge is 0.449 e. The van der Waals surface area contributed by atoms with Crippen LogP contribution in [0.15, 0.2) is 32.2 Å². The Morgan fingerprint density at radius 3 is 2.86 bits per heavy atom. The van der Waals surface area contributed by atoms with E-state index in [0.29, 0.717) is 21.8 Å². The number of aromatic amines is 1. The summed E-state index contributed by atoms with van der Waals surface area (Å²) >= 11 is 3.17. The number of aromatic nitrogens is 2. The van der Waals surface area contributed by atoms with Crippen molar-refractivity contribution in [3.8, 4) is 11.3 Å². The van der Waals surface area contributed by atoms with Gasteiger partial charge in [-0.2, -0.15) is 0 Å². The number of hydrogen-bond acceptors (Lipinski definition) is 3. The van der Waals surface area contributed by atoms with Crippen LogP contribution in [0.3, 0.4) is 0 Å². The summed E-state index contributed by atoms with van der Waals surface area (Å²) in [5.41, 5.74) is 0.237. The van der Waals surface area contributed by atoms with Crippen LogP contribution in [0.2, 0.25) is 0 Å². The maximum absolute atomic E-state index is 11.5. The molecule has 2 aromatic rings. The molecule has 14 heavy (non-hydrogen) atoms. The van der Waals surface area contributed by atoms with E-state index in [0.717, 1.165) is 0 Å². The van der Waals surface area contributed by atoms with Crippen molar-refractivity contribution in [1.82, 2.24) is 9.97 Å². The fraction of sp³-hybridized carbons (Fsp3) is 0.111. The molecule has 2 rings (SSSR count). The molecule has 0 aliphatic heterocycles. The SMILES string of the molecule is Cc1ncc(-c2ccc(Br)o2)c(=O)[nH]1. The minimum Gasteiger partial charge on any atom is -0.449 e. The highest BCUT2D eigenvalue weighted by Gasteiger charge is 2.07. The van der Waals surface area contributed by atoms with Gasteiger partial charge in [-0.15, -0.1) is 0 Å². The average Bonchev–Trinajstić information content (AvgIpc) is 2.51. The molecule has 0 bridgehead atoms. The number of H-pyrrole nitrogens is 1. The van der Waals surface area contributed by atoms with Gasteiger partial charge in [0.05, 0.1) is 0 Å². The number of halogens is 1. The molecule has 2 aromatic heterocycles. The Morgan fingerprint density at radius 1 is 1.50 bits per heavy atom. The van der Waals surface area contributed by atoms with Gasteiger partial charge >= 0.3 is 0 Å². The van der Waals surface area contributed by atoms with Gasteiger partial charge in [0.25, 0.3) is 5.56 Å². The molecule has 4 nitrogen and oxygen atoms in total. The zero-order valence-corrected chi connectivity index (χ0v) is 8.96. The zero-order chi connectivity index (χ0) is 10.1. The van der Waals surface area contributed by atoms with E-state index in [9.17, 15) is 4.79 Å². The standard InChI is InChI=1S/C9H7BrN2O2/c1-5-11-4-6(9(13)12-5)7-2-3-8(10)14-7/h2-4H,1H3,(H,11,12,13). The van der Waals surface area contributed by atoms with E-state index in [2.05, 4.69) is 25.9 Å². The van der Waals surface area contributed by atoms with Crippen molar-refractivity contribution in [2.45, 2.75) is 6.92 Å². The van der Waals surface area contributed by atoms with E-state index < -0.39 is 0 Å². The molecule has 0 aliphatic carbocycles. The Hall–Kier alpha value is -1.36. The fourth-order valence-corrected chi connectivity index (χ4v) is 1.43. The van der Waals surface area contributed by atoms with Crippen LogP contribution in [0.1, 0.15) is 5.82 Å². The third-order valence-electron chi connectivity index (χ3n) is 1.77. The summed E-state index contributed by atoms with van der Waals surface area (Å²) < 4.78 is 5.84. The van der Waals surface area contributed by atoms with Crippen molar-refractivity contribution >= 4 is 15.9 Å². The number of aryl methyl sites for hydroxylation is 1. The number of rotatable bonds is 1. The summed E-state index contributed by atoms with van der Waals surface area (Å²) in [5, 5.41) is 0. The van der Waals surface area contributed by atoms with E-state index >= 15 is 0 Å². The lowest BCUT2D eigenvalue weighted by Gasteiger charge is -1.95. The molecule has 0 aromatic carbocycles. The summed E-state index contributed by atoms with van der Waals surface area (Å²) in [6.07, 6.45) is 1.50. The Morgan fingerprint density at radius 2 is 2.29 bits per heavy atom. The zero-order valence-electron chi connectivity index (χ0n) is 7.37. The van der Waals surface area contributed by atoms with Crippen LogP contribution in [-0.4, -0.2) is 9.97 Å². The molecule has 0 radical (unpaired) electrons. The smallest absolute Gasteiger partial charge is 0.261 e. The minimum absolute atomic E-state index is 0.195. The summed E-state index contributed by atoms with van der Waals surface area (Å²) in [6.45, 7) is 1.73. The molecule has 72 valence electrons. The Labute approximate surface area is 88.1 Å². The third-order valence-corrected chi connectivity index (χ3v) is 2.19. The fourth-order valence-electron chi connectivity index (χ4n) is 1.12. The Balaban J connectivity index is 2.57. The van der Waals surface area contributed by atoms with Crippen molar-refractivity contribution in [3.05, 3.63) is 39.2 Å². The van der Waals surface area contributed by atoms with Gasteiger partial charge in [0.15, 0.2) is 4.67 Å². The number of nitrogens with one attached hydrogen (secondary N) is 1. The first-order valence-electron chi connectivity index (χ1n) is 3.98. The lowest BCUT2D eigenvalue weighted by atomic mass is 10.2. The van der Waals surface area contributed by atoms with Crippen LogP contribution in [0.25, 0.3) is 11.3 Å². The van der Waals surface area contributed by atoms with Crippen LogP contribution in [0.4, 0.5) is 0 Å². The molecule has 2 heterocycles. The van der Waals surface area contributed by atoms with Crippen molar-refractivity contribution in [1.29, 1.82) is 0 Å². The van der Waals surface area contributed by atoms with Crippen molar-refractivity contribution in [2.75, 3.05) is 0 Å². The molecule has 0 atom stereocenters. The van der Waals surface area contributed by atoms with E-state index in [4.69, 9.17) is 4.42 Å². The maximum Gasteiger partial charge on any atom is 0.261 e. The van der Waals surface area contributed by atoms with Crippen LogP contribution in [0.5, 0.6) is 0 Å². The lowest BCUT2D eigenvalue weighted by molar-refractivity contribution is 0.554. The summed E-state index contributed by atoms with van der Waals surface area (Å²) in [7, 11) is 0. The predicted molar refractivity (Wildman–Crippen MR) is 55.0 cm³/mol. The van der Waals surface area contributed by atoms with Gasteiger partial charge in [0.1, 0.15) is 17.1 Å². The summed E-state index contributed by atoms with van der Waals surface area (Å²) in [6, 6.07) is 3.44. The van der Waals surface area contributed by atoms with Crippen molar-refractivity contribution < 1.29 is 4.42 Å². The topological polar surface area (TPSA) is 58.9 Å². The second-order valence-electron chi connectivity index (χ2n) is 2.82. The summed E-state index contributed by atoms with van der Waals surface area (Å²) in [5.74, 6) is 1.09. The molecular formula is C9H7BrN2O2. The van der Waals surface area contributed by atoms with Gasteiger partial charge in [-0.1, -0.05) is 0 Å². The molecule has 5 heteroatoms. The number of furan rings is 1. The molecule has 1 N–H and O–H groups in total. The van der Waals surface area contributed by atoms with Gasteiger partial charge in [-0.05, 0) is 35.0 Å². The predicted octanol–water partition coefficient (Wildman–Crippen LogP) is 2.10. The maximum atomic E-state index is 11.5. The molecule has 0 saturated heterocycles. The first kappa shape index (κ1) is 9.21. The van der Waals surface area contributed by atoms with Crippen LogP contribution in [0, 0.1) is 6.92 Å².